The van der Waals surface area contributed by atoms with Crippen molar-refractivity contribution in [3.8, 4) is 0 Å². The van der Waals surface area contributed by atoms with Crippen molar-refractivity contribution < 1.29 is 13.5 Å². The van der Waals surface area contributed by atoms with Gasteiger partial charge in [-0.2, -0.15) is 4.31 Å². The first kappa shape index (κ1) is 14.2. The zero-order valence-electron chi connectivity index (χ0n) is 10.3. The molecule has 1 aromatic rings. The van der Waals surface area contributed by atoms with Crippen molar-refractivity contribution in [3.05, 3.63) is 29.8 Å². The van der Waals surface area contributed by atoms with Gasteiger partial charge in [-0.15, -0.1) is 0 Å². The molecule has 0 radical (unpaired) electrons. The molecule has 0 saturated heterocycles. The molecule has 0 bridgehead atoms. The molecule has 0 fully saturated rings. The molecular formula is C12H19NO3S. The van der Waals surface area contributed by atoms with E-state index in [-0.39, 0.29) is 11.5 Å². The van der Waals surface area contributed by atoms with Gasteiger partial charge < -0.3 is 5.11 Å². The number of hydrogen-bond acceptors (Lipinski definition) is 3. The zero-order valence-corrected chi connectivity index (χ0v) is 11.1. The van der Waals surface area contributed by atoms with E-state index < -0.39 is 10.0 Å². The van der Waals surface area contributed by atoms with Gasteiger partial charge in [0.05, 0.1) is 11.5 Å². The fourth-order valence-electron chi connectivity index (χ4n) is 1.72. The van der Waals surface area contributed by atoms with E-state index >= 15 is 0 Å². The quantitative estimate of drug-likeness (QED) is 0.842. The number of rotatable bonds is 6. The lowest BCUT2D eigenvalue weighted by molar-refractivity contribution is 0.278. The summed E-state index contributed by atoms with van der Waals surface area (Å²) in [5, 5.41) is 9.18. The molecule has 5 heteroatoms. The van der Waals surface area contributed by atoms with Gasteiger partial charge in [0.2, 0.25) is 10.0 Å². The summed E-state index contributed by atoms with van der Waals surface area (Å²) >= 11 is 0. The maximum absolute atomic E-state index is 12.3. The van der Waals surface area contributed by atoms with Gasteiger partial charge in [0.1, 0.15) is 0 Å². The van der Waals surface area contributed by atoms with Crippen LogP contribution in [-0.4, -0.2) is 30.9 Å². The Kier molecular flexibility index (Phi) is 5.11. The van der Waals surface area contributed by atoms with Gasteiger partial charge in [-0.05, 0) is 18.1 Å². The van der Waals surface area contributed by atoms with E-state index in [0.717, 1.165) is 6.42 Å². The van der Waals surface area contributed by atoms with E-state index in [1.54, 1.807) is 24.3 Å². The molecule has 0 heterocycles. The lowest BCUT2D eigenvalue weighted by atomic mass is 10.2. The van der Waals surface area contributed by atoms with E-state index in [1.165, 1.54) is 4.31 Å². The molecule has 0 saturated carbocycles. The number of nitrogens with zero attached hydrogens (tertiary/aromatic N) is 1. The Morgan fingerprint density at radius 3 is 2.41 bits per heavy atom. The maximum atomic E-state index is 12.3. The highest BCUT2D eigenvalue weighted by atomic mass is 32.2. The zero-order chi connectivity index (χ0) is 12.9. The summed E-state index contributed by atoms with van der Waals surface area (Å²) in [6.07, 6.45) is 0.772. The van der Waals surface area contributed by atoms with E-state index in [2.05, 4.69) is 0 Å². The van der Waals surface area contributed by atoms with E-state index in [1.807, 2.05) is 13.8 Å². The van der Waals surface area contributed by atoms with Crippen LogP contribution in [0.15, 0.2) is 29.2 Å². The van der Waals surface area contributed by atoms with Gasteiger partial charge in [-0.25, -0.2) is 8.42 Å². The third-order valence-electron chi connectivity index (χ3n) is 2.59. The Balaban J connectivity index is 3.20. The standard InChI is InChI=1S/C12H19NO3S/c1-3-9-13(4-2)17(15,16)12-8-6-5-7-11(12)10-14/h5-8,14H,3-4,9-10H2,1-2H3. The van der Waals surface area contributed by atoms with Crippen molar-refractivity contribution in [2.75, 3.05) is 13.1 Å². The fraction of sp³-hybridized carbons (Fsp3) is 0.500. The van der Waals surface area contributed by atoms with E-state index in [0.29, 0.717) is 18.7 Å². The number of aliphatic hydroxyl groups excluding tert-OH is 1. The molecule has 0 spiro atoms. The second kappa shape index (κ2) is 6.14. The molecule has 1 N–H and O–H groups in total. The molecule has 1 rings (SSSR count). The molecule has 17 heavy (non-hydrogen) atoms. The number of benzene rings is 1. The highest BCUT2D eigenvalue weighted by Gasteiger charge is 2.24. The Bertz CT molecular complexity index is 457. The van der Waals surface area contributed by atoms with Gasteiger partial charge in [0.15, 0.2) is 0 Å². The third-order valence-corrected chi connectivity index (χ3v) is 4.66. The average Bonchev–Trinajstić information content (AvgIpc) is 2.35. The lowest BCUT2D eigenvalue weighted by Crippen LogP contribution is -2.32. The van der Waals surface area contributed by atoms with Crippen molar-refractivity contribution in [1.82, 2.24) is 4.31 Å². The van der Waals surface area contributed by atoms with Crippen LogP contribution in [0.2, 0.25) is 0 Å². The molecule has 0 atom stereocenters. The van der Waals surface area contributed by atoms with Crippen LogP contribution >= 0.6 is 0 Å². The molecule has 96 valence electrons. The molecule has 0 aliphatic carbocycles. The smallest absolute Gasteiger partial charge is 0.243 e. The molecule has 0 amide bonds. The first-order valence-corrected chi connectivity index (χ1v) is 7.20. The van der Waals surface area contributed by atoms with Gasteiger partial charge in [0.25, 0.3) is 0 Å². The van der Waals surface area contributed by atoms with Crippen LogP contribution in [-0.2, 0) is 16.6 Å². The van der Waals surface area contributed by atoms with Crippen molar-refractivity contribution in [2.24, 2.45) is 0 Å². The number of hydrogen-bond donors (Lipinski definition) is 1. The van der Waals surface area contributed by atoms with Crippen molar-refractivity contribution in [1.29, 1.82) is 0 Å². The molecule has 4 nitrogen and oxygen atoms in total. The van der Waals surface area contributed by atoms with E-state index in [9.17, 15) is 13.5 Å². The second-order valence-corrected chi connectivity index (χ2v) is 5.67. The summed E-state index contributed by atoms with van der Waals surface area (Å²) in [4.78, 5) is 0.206. The maximum Gasteiger partial charge on any atom is 0.243 e. The summed E-state index contributed by atoms with van der Waals surface area (Å²) in [5.41, 5.74) is 0.446. The summed E-state index contributed by atoms with van der Waals surface area (Å²) in [5.74, 6) is 0. The monoisotopic (exact) mass is 257 g/mol. The van der Waals surface area contributed by atoms with Crippen molar-refractivity contribution in [2.45, 2.75) is 31.8 Å². The number of sulfonamides is 1. The van der Waals surface area contributed by atoms with Crippen LogP contribution < -0.4 is 0 Å². The third kappa shape index (κ3) is 3.06. The van der Waals surface area contributed by atoms with Crippen LogP contribution in [0.4, 0.5) is 0 Å². The Morgan fingerprint density at radius 1 is 1.24 bits per heavy atom. The largest absolute Gasteiger partial charge is 0.392 e. The SMILES string of the molecule is CCCN(CC)S(=O)(=O)c1ccccc1CO. The predicted octanol–water partition coefficient (Wildman–Crippen LogP) is 1.60. The molecule has 1 aromatic carbocycles. The predicted molar refractivity (Wildman–Crippen MR) is 67.1 cm³/mol. The lowest BCUT2D eigenvalue weighted by Gasteiger charge is -2.21. The van der Waals surface area contributed by atoms with Gasteiger partial charge in [-0.1, -0.05) is 32.0 Å². The van der Waals surface area contributed by atoms with Crippen molar-refractivity contribution >= 4 is 10.0 Å². The first-order valence-electron chi connectivity index (χ1n) is 5.76. The van der Waals surface area contributed by atoms with Crippen LogP contribution in [0.5, 0.6) is 0 Å². The molecule has 0 aromatic heterocycles. The van der Waals surface area contributed by atoms with Crippen LogP contribution in [0.25, 0.3) is 0 Å². The van der Waals surface area contributed by atoms with Crippen LogP contribution in [0.1, 0.15) is 25.8 Å². The Hall–Kier alpha value is -0.910. The topological polar surface area (TPSA) is 57.6 Å². The van der Waals surface area contributed by atoms with Crippen LogP contribution in [0, 0.1) is 0 Å². The minimum atomic E-state index is -3.48. The second-order valence-electron chi connectivity index (χ2n) is 3.76. The Morgan fingerprint density at radius 2 is 1.88 bits per heavy atom. The van der Waals surface area contributed by atoms with Gasteiger partial charge in [0, 0.05) is 13.1 Å². The summed E-state index contributed by atoms with van der Waals surface area (Å²) in [7, 11) is -3.48. The minimum Gasteiger partial charge on any atom is -0.392 e. The number of aliphatic hydroxyl groups is 1. The first-order chi connectivity index (χ1) is 8.07. The molecular weight excluding hydrogens is 238 g/mol. The molecule has 0 aliphatic heterocycles. The van der Waals surface area contributed by atoms with Crippen molar-refractivity contribution in [3.63, 3.8) is 0 Å². The normalized spacial score (nSPS) is 12.0. The Labute approximate surface area is 103 Å². The summed E-state index contributed by atoms with van der Waals surface area (Å²) in [6, 6.07) is 6.57. The average molecular weight is 257 g/mol. The minimum absolute atomic E-state index is 0.206. The van der Waals surface area contributed by atoms with Gasteiger partial charge >= 0.3 is 0 Å². The summed E-state index contributed by atoms with van der Waals surface area (Å²) in [6.45, 7) is 4.43. The fourth-order valence-corrected chi connectivity index (χ4v) is 3.48. The summed E-state index contributed by atoms with van der Waals surface area (Å²) < 4.78 is 26.1. The van der Waals surface area contributed by atoms with Crippen LogP contribution in [0.3, 0.4) is 0 Å². The highest BCUT2D eigenvalue weighted by Crippen LogP contribution is 2.20. The highest BCUT2D eigenvalue weighted by molar-refractivity contribution is 7.89. The van der Waals surface area contributed by atoms with E-state index in [4.69, 9.17) is 0 Å². The molecule has 0 aliphatic rings. The molecule has 0 unspecified atom stereocenters. The van der Waals surface area contributed by atoms with Gasteiger partial charge in [-0.3, -0.25) is 0 Å².